The lowest BCUT2D eigenvalue weighted by Gasteiger charge is -2.43. The highest BCUT2D eigenvalue weighted by Crippen LogP contribution is 2.60. The van der Waals surface area contributed by atoms with E-state index in [1.54, 1.807) is 0 Å². The third-order valence-electron chi connectivity index (χ3n) is 15.7. The molecule has 8 aromatic carbocycles. The van der Waals surface area contributed by atoms with Gasteiger partial charge in [0.25, 0.3) is 0 Å². The monoisotopic (exact) mass is 822 g/mol. The summed E-state index contributed by atoms with van der Waals surface area (Å²) < 4.78 is 9.73. The zero-order valence-electron chi connectivity index (χ0n) is 37.0. The van der Waals surface area contributed by atoms with E-state index in [2.05, 4.69) is 202 Å². The van der Waals surface area contributed by atoms with E-state index < -0.39 is 0 Å². The van der Waals surface area contributed by atoms with E-state index in [1.807, 2.05) is 0 Å². The Balaban J connectivity index is 1.21. The van der Waals surface area contributed by atoms with Gasteiger partial charge >= 0.3 is 6.85 Å². The number of benzene rings is 8. The summed E-state index contributed by atoms with van der Waals surface area (Å²) in [5.41, 5.74) is 26.5. The second-order valence-corrected chi connectivity index (χ2v) is 19.8. The minimum atomic E-state index is -0.230. The van der Waals surface area contributed by atoms with Gasteiger partial charge in [-0.1, -0.05) is 174 Å². The van der Waals surface area contributed by atoms with Crippen LogP contribution in [-0.2, 0) is 17.3 Å². The van der Waals surface area contributed by atoms with Crippen molar-refractivity contribution in [2.24, 2.45) is 0 Å². The summed E-state index contributed by atoms with van der Waals surface area (Å²) in [6.45, 7) is 11.9. The van der Waals surface area contributed by atoms with Gasteiger partial charge in [-0.3, -0.25) is 0 Å². The third-order valence-corrected chi connectivity index (χ3v) is 15.7. The maximum atomic E-state index is 7.12. The highest BCUT2D eigenvalue weighted by Gasteiger charge is 2.51. The molecule has 0 radical (unpaired) electrons. The third kappa shape index (κ3) is 4.44. The van der Waals surface area contributed by atoms with Gasteiger partial charge in [0.05, 0.1) is 16.8 Å². The lowest BCUT2D eigenvalue weighted by atomic mass is 9.44. The van der Waals surface area contributed by atoms with Crippen LogP contribution in [0.4, 0.5) is 17.1 Å². The Morgan fingerprint density at radius 3 is 2.11 bits per heavy atom. The van der Waals surface area contributed by atoms with Crippen molar-refractivity contribution in [2.75, 3.05) is 4.90 Å². The van der Waals surface area contributed by atoms with Crippen molar-refractivity contribution in [1.82, 2.24) is 4.48 Å². The van der Waals surface area contributed by atoms with Crippen LogP contribution >= 0.6 is 0 Å². The van der Waals surface area contributed by atoms with Crippen LogP contribution in [0.2, 0.25) is 0 Å². The van der Waals surface area contributed by atoms with Crippen molar-refractivity contribution in [1.29, 1.82) is 0 Å². The summed E-state index contributed by atoms with van der Waals surface area (Å²) in [7, 11) is 0. The number of hydrogen-bond donors (Lipinski definition) is 0. The lowest BCUT2D eigenvalue weighted by molar-refractivity contribution is 0.650. The normalized spacial score (nSPS) is 15.3. The Kier molecular flexibility index (Phi) is 7.16. The van der Waals surface area contributed by atoms with Gasteiger partial charge in [0.15, 0.2) is 5.71 Å². The van der Waals surface area contributed by atoms with Crippen LogP contribution in [0.1, 0.15) is 75.3 Å². The zero-order chi connectivity index (χ0) is 42.8. The van der Waals surface area contributed by atoms with Crippen LogP contribution in [-0.4, -0.2) is 11.3 Å². The van der Waals surface area contributed by atoms with Crippen LogP contribution in [0, 0.1) is 0 Å². The van der Waals surface area contributed by atoms with Gasteiger partial charge in [0.2, 0.25) is 0 Å². The van der Waals surface area contributed by atoms with Crippen LogP contribution in [0.3, 0.4) is 0 Å². The van der Waals surface area contributed by atoms with Crippen molar-refractivity contribution in [3.63, 3.8) is 0 Å². The molecule has 4 aliphatic rings. The molecule has 2 aliphatic heterocycles. The molecular weight excluding hydrogens is 775 g/mol. The van der Waals surface area contributed by atoms with Gasteiger partial charge in [0, 0.05) is 49.5 Å². The van der Waals surface area contributed by atoms with Crippen LogP contribution in [0.5, 0.6) is 0 Å². The molecule has 3 nitrogen and oxygen atoms in total. The molecule has 0 saturated heterocycles. The highest BCUT2D eigenvalue weighted by molar-refractivity contribution is 6.90. The summed E-state index contributed by atoms with van der Waals surface area (Å²) in [6.07, 6.45) is 3.38. The first kappa shape index (κ1) is 36.4. The predicted molar refractivity (Wildman–Crippen MR) is 269 cm³/mol. The number of anilines is 3. The Morgan fingerprint density at radius 2 is 1.28 bits per heavy atom. The van der Waals surface area contributed by atoms with E-state index in [0.29, 0.717) is 0 Å². The van der Waals surface area contributed by atoms with Crippen molar-refractivity contribution in [3.05, 3.63) is 186 Å². The number of furan rings is 1. The van der Waals surface area contributed by atoms with E-state index in [9.17, 15) is 0 Å². The Hall–Kier alpha value is -7.04. The van der Waals surface area contributed by atoms with Gasteiger partial charge in [0.1, 0.15) is 5.58 Å². The van der Waals surface area contributed by atoms with Crippen molar-refractivity contribution >= 4 is 67.8 Å². The summed E-state index contributed by atoms with van der Waals surface area (Å²) in [5.74, 6) is 0. The minimum absolute atomic E-state index is 0.151. The average molecular weight is 823 g/mol. The lowest BCUT2D eigenvalue weighted by Crippen LogP contribution is -2.57. The molecule has 0 bridgehead atoms. The quantitative estimate of drug-likeness (QED) is 0.161. The predicted octanol–water partition coefficient (Wildman–Crippen LogP) is 14.6. The Labute approximate surface area is 374 Å². The molecule has 0 fully saturated rings. The molecule has 0 unspecified atom stereocenters. The maximum Gasteiger partial charge on any atom is 0.336 e. The number of aromatic nitrogens is 1. The molecule has 2 aromatic heterocycles. The second kappa shape index (κ2) is 12.6. The SMILES string of the molecule is CCCCc1ccc(N2c3cc4c(c5c3B(c3ccc6c(c32)-c2ccccc2C6(C)C)n2c3oc6ccccc6c3c3cccc-5c32)C(C)(C)c2ccccc2-4)c(-c2ccccc2)c1. The number of hydrogen-bond acceptors (Lipinski definition) is 2. The summed E-state index contributed by atoms with van der Waals surface area (Å²) in [6, 6.07) is 60.0. The molecule has 0 spiro atoms. The summed E-state index contributed by atoms with van der Waals surface area (Å²) in [4.78, 5) is 2.71. The molecule has 0 atom stereocenters. The topological polar surface area (TPSA) is 21.3 Å². The first-order valence-corrected chi connectivity index (χ1v) is 23.3. The highest BCUT2D eigenvalue weighted by atomic mass is 16.3. The molecule has 64 heavy (non-hydrogen) atoms. The smallest absolute Gasteiger partial charge is 0.336 e. The molecule has 4 heterocycles. The number of aryl methyl sites for hydroxylation is 1. The van der Waals surface area contributed by atoms with Crippen LogP contribution in [0.15, 0.2) is 162 Å². The fraction of sp³-hybridized carbons (Fsp3) is 0.167. The molecular formula is C60H47BN2O. The van der Waals surface area contributed by atoms with Gasteiger partial charge in [-0.15, -0.1) is 0 Å². The summed E-state index contributed by atoms with van der Waals surface area (Å²) in [5, 5.41) is 3.62. The number of para-hydroxylation sites is 2. The van der Waals surface area contributed by atoms with Crippen molar-refractivity contribution in [3.8, 4) is 44.5 Å². The molecule has 0 amide bonds. The van der Waals surface area contributed by atoms with Crippen molar-refractivity contribution in [2.45, 2.75) is 64.7 Å². The number of rotatable bonds is 5. The largest absolute Gasteiger partial charge is 0.441 e. The van der Waals surface area contributed by atoms with Crippen LogP contribution in [0.25, 0.3) is 77.5 Å². The minimum Gasteiger partial charge on any atom is -0.441 e. The van der Waals surface area contributed by atoms with E-state index in [0.717, 1.165) is 30.6 Å². The van der Waals surface area contributed by atoms with E-state index in [1.165, 1.54) is 122 Å². The Bertz CT molecular complexity index is 3680. The van der Waals surface area contributed by atoms with Gasteiger partial charge in [-0.05, 0) is 104 Å². The van der Waals surface area contributed by atoms with Gasteiger partial charge < -0.3 is 13.8 Å². The number of unbranched alkanes of at least 4 members (excludes halogenated alkanes) is 1. The standard InChI is InChI=1S/C60H47BN2O/c1-6-7-18-35-29-32-48(42(33-35)36-19-9-8-10-20-36)62-49-34-43-37-21-11-14-26-44(37)60(4,5)54(43)53-41-25-17-24-40-51-39-23-13-16-28-50(39)64-58(51)63(56(40)41)61(55(49)53)47-31-30-46-52(57(47)62)38-22-12-15-27-45(38)59(46,2)3/h8-17,19-34H,6-7,18H2,1-5H3. The number of nitrogens with zero attached hydrogens (tertiary/aromatic N) is 2. The Morgan fingerprint density at radius 1 is 0.562 bits per heavy atom. The average Bonchev–Trinajstić information content (AvgIpc) is 4.00. The van der Waals surface area contributed by atoms with E-state index in [-0.39, 0.29) is 17.7 Å². The molecule has 14 rings (SSSR count). The van der Waals surface area contributed by atoms with E-state index >= 15 is 0 Å². The number of fused-ring (bicyclic) bond motifs is 17. The van der Waals surface area contributed by atoms with Gasteiger partial charge in [-0.25, -0.2) is 0 Å². The first-order chi connectivity index (χ1) is 31.3. The van der Waals surface area contributed by atoms with Crippen LogP contribution < -0.4 is 15.8 Å². The zero-order valence-corrected chi connectivity index (χ0v) is 37.0. The fourth-order valence-corrected chi connectivity index (χ4v) is 12.9. The van der Waals surface area contributed by atoms with E-state index in [4.69, 9.17) is 4.42 Å². The van der Waals surface area contributed by atoms with Gasteiger partial charge in [-0.2, -0.15) is 0 Å². The molecule has 0 saturated carbocycles. The molecule has 306 valence electrons. The molecule has 10 aromatic rings. The fourth-order valence-electron chi connectivity index (χ4n) is 12.9. The molecule has 2 aliphatic carbocycles. The first-order valence-electron chi connectivity index (χ1n) is 23.3. The van der Waals surface area contributed by atoms with Crippen molar-refractivity contribution < 1.29 is 4.42 Å². The second-order valence-electron chi connectivity index (χ2n) is 19.8. The maximum absolute atomic E-state index is 7.12. The summed E-state index contributed by atoms with van der Waals surface area (Å²) >= 11 is 0. The molecule has 4 heteroatoms. The molecule has 0 N–H and O–H groups in total.